The minimum atomic E-state index is -0.601. The molecule has 0 atom stereocenters. The van der Waals surface area contributed by atoms with Gasteiger partial charge in [-0.1, -0.05) is 0 Å². The molecule has 0 aliphatic carbocycles. The van der Waals surface area contributed by atoms with Crippen LogP contribution in [0.5, 0.6) is 0 Å². The molecule has 0 saturated heterocycles. The van der Waals surface area contributed by atoms with Gasteiger partial charge in [0.05, 0.1) is 22.7 Å². The number of hydrogen-bond donors (Lipinski definition) is 1. The van der Waals surface area contributed by atoms with Crippen LogP contribution in [0.25, 0.3) is 11.1 Å². The Morgan fingerprint density at radius 2 is 2.23 bits per heavy atom. The van der Waals surface area contributed by atoms with Crippen LogP contribution >= 0.6 is 0 Å². The third kappa shape index (κ3) is 3.79. The number of amides is 1. The first-order valence-corrected chi connectivity index (χ1v) is 7.96. The van der Waals surface area contributed by atoms with E-state index >= 15 is 0 Å². The van der Waals surface area contributed by atoms with Crippen molar-refractivity contribution in [3.63, 3.8) is 0 Å². The molecule has 1 N–H and O–H groups in total. The zero-order chi connectivity index (χ0) is 18.7. The number of rotatable bonds is 7. The second kappa shape index (κ2) is 7.21. The average molecular weight is 359 g/mol. The molecular formula is C16H17N5O5. The Morgan fingerprint density at radius 3 is 2.92 bits per heavy atom. The maximum absolute atomic E-state index is 11.9. The third-order valence-corrected chi connectivity index (χ3v) is 3.90. The summed E-state index contributed by atoms with van der Waals surface area (Å²) in [5.41, 5.74) is 1.38. The van der Waals surface area contributed by atoms with Crippen molar-refractivity contribution in [2.24, 2.45) is 7.05 Å². The Balaban J connectivity index is 1.57. The number of non-ortho nitro benzene ring substituents is 1. The van der Waals surface area contributed by atoms with E-state index < -0.39 is 10.7 Å². The number of nitrogens with zero attached hydrogens (tertiary/aromatic N) is 4. The topological polar surface area (TPSA) is 125 Å². The van der Waals surface area contributed by atoms with Crippen LogP contribution < -0.4 is 11.1 Å². The lowest BCUT2D eigenvalue weighted by atomic mass is 10.2. The van der Waals surface area contributed by atoms with Gasteiger partial charge >= 0.3 is 5.76 Å². The Hall–Kier alpha value is -3.43. The van der Waals surface area contributed by atoms with E-state index in [0.29, 0.717) is 18.5 Å². The molecule has 0 bridgehead atoms. The van der Waals surface area contributed by atoms with Crippen molar-refractivity contribution in [3.8, 4) is 0 Å². The van der Waals surface area contributed by atoms with Gasteiger partial charge in [-0.25, -0.2) is 4.79 Å². The summed E-state index contributed by atoms with van der Waals surface area (Å²) >= 11 is 0. The van der Waals surface area contributed by atoms with Gasteiger partial charge in [0, 0.05) is 44.4 Å². The Morgan fingerprint density at radius 1 is 1.42 bits per heavy atom. The number of nitro benzene ring substituents is 1. The van der Waals surface area contributed by atoms with Crippen molar-refractivity contribution in [2.45, 2.75) is 25.9 Å². The highest BCUT2D eigenvalue weighted by Gasteiger charge is 2.14. The molecule has 10 heteroatoms. The molecule has 0 unspecified atom stereocenters. The van der Waals surface area contributed by atoms with E-state index in [1.54, 1.807) is 17.9 Å². The Bertz CT molecular complexity index is 1020. The number of aryl methyl sites for hydroxylation is 2. The van der Waals surface area contributed by atoms with E-state index in [0.717, 1.165) is 5.56 Å². The molecule has 3 aromatic rings. The molecule has 10 nitrogen and oxygen atoms in total. The summed E-state index contributed by atoms with van der Waals surface area (Å²) < 4.78 is 8.07. The fourth-order valence-corrected chi connectivity index (χ4v) is 2.63. The van der Waals surface area contributed by atoms with Crippen LogP contribution in [0.2, 0.25) is 0 Å². The summed E-state index contributed by atoms with van der Waals surface area (Å²) in [5.74, 6) is -0.735. The second-order valence-corrected chi connectivity index (χ2v) is 5.83. The normalized spacial score (nSPS) is 11.0. The predicted molar refractivity (Wildman–Crippen MR) is 91.4 cm³/mol. The van der Waals surface area contributed by atoms with Crippen molar-refractivity contribution < 1.29 is 14.1 Å². The number of fused-ring (bicyclic) bond motifs is 1. The van der Waals surface area contributed by atoms with Crippen LogP contribution in [-0.4, -0.2) is 25.2 Å². The molecule has 0 saturated carbocycles. The molecule has 0 aliphatic rings. The maximum atomic E-state index is 11.9. The number of oxazole rings is 1. The number of aromatic nitrogens is 3. The van der Waals surface area contributed by atoms with E-state index in [1.807, 2.05) is 6.20 Å². The largest absolute Gasteiger partial charge is 0.419 e. The molecule has 1 aromatic carbocycles. The van der Waals surface area contributed by atoms with Gasteiger partial charge in [-0.15, -0.1) is 0 Å². The highest BCUT2D eigenvalue weighted by molar-refractivity contribution is 5.76. The summed E-state index contributed by atoms with van der Waals surface area (Å²) in [7, 11) is 1.80. The van der Waals surface area contributed by atoms with Gasteiger partial charge < -0.3 is 9.73 Å². The van der Waals surface area contributed by atoms with Crippen molar-refractivity contribution in [1.82, 2.24) is 19.7 Å². The summed E-state index contributed by atoms with van der Waals surface area (Å²) in [6, 6.07) is 4.00. The van der Waals surface area contributed by atoms with Crippen LogP contribution in [-0.2, 0) is 24.9 Å². The van der Waals surface area contributed by atoms with Crippen LogP contribution in [0.1, 0.15) is 18.4 Å². The highest BCUT2D eigenvalue weighted by Crippen LogP contribution is 2.20. The lowest BCUT2D eigenvalue weighted by Crippen LogP contribution is -2.23. The molecule has 2 heterocycles. The zero-order valence-electron chi connectivity index (χ0n) is 14.0. The minimum absolute atomic E-state index is 0.134. The molecule has 0 aliphatic heterocycles. The van der Waals surface area contributed by atoms with E-state index in [2.05, 4.69) is 10.4 Å². The fourth-order valence-electron chi connectivity index (χ4n) is 2.63. The predicted octanol–water partition coefficient (Wildman–Crippen LogP) is 1.33. The Kier molecular flexibility index (Phi) is 4.83. The first-order chi connectivity index (χ1) is 12.4. The smallest absolute Gasteiger partial charge is 0.407 e. The summed E-state index contributed by atoms with van der Waals surface area (Å²) in [5, 5.41) is 17.6. The number of hydrogen-bond acceptors (Lipinski definition) is 6. The Labute approximate surface area is 147 Å². The second-order valence-electron chi connectivity index (χ2n) is 5.83. The quantitative estimate of drug-likeness (QED) is 0.501. The van der Waals surface area contributed by atoms with Crippen molar-refractivity contribution in [2.75, 3.05) is 0 Å². The maximum Gasteiger partial charge on any atom is 0.419 e. The molecule has 0 fully saturated rings. The monoisotopic (exact) mass is 359 g/mol. The number of carbonyl (C=O) groups is 1. The minimum Gasteiger partial charge on any atom is -0.407 e. The van der Waals surface area contributed by atoms with Gasteiger partial charge in [0.25, 0.3) is 5.69 Å². The van der Waals surface area contributed by atoms with Crippen molar-refractivity contribution in [3.05, 3.63) is 56.8 Å². The standard InChI is InChI=1S/C16H17N5O5/c1-19-10-11(9-18-19)8-17-15(22)3-2-6-20-13-5-4-12(21(24)25)7-14(13)26-16(20)23/h4-5,7,9-10H,2-3,6,8H2,1H3,(H,17,22). The number of nitrogens with one attached hydrogen (secondary N) is 1. The van der Waals surface area contributed by atoms with Crippen LogP contribution in [0, 0.1) is 10.1 Å². The van der Waals surface area contributed by atoms with E-state index in [9.17, 15) is 19.7 Å². The first-order valence-electron chi connectivity index (χ1n) is 7.96. The van der Waals surface area contributed by atoms with E-state index in [4.69, 9.17) is 4.42 Å². The lowest BCUT2D eigenvalue weighted by molar-refractivity contribution is -0.384. The van der Waals surface area contributed by atoms with Gasteiger partial charge in [0.2, 0.25) is 5.91 Å². The lowest BCUT2D eigenvalue weighted by Gasteiger charge is -2.04. The third-order valence-electron chi connectivity index (χ3n) is 3.90. The summed E-state index contributed by atoms with van der Waals surface area (Å²) in [6.07, 6.45) is 4.17. The number of carbonyl (C=O) groups excluding carboxylic acids is 1. The van der Waals surface area contributed by atoms with Crippen LogP contribution in [0.15, 0.2) is 39.8 Å². The summed E-state index contributed by atoms with van der Waals surface area (Å²) in [6.45, 7) is 0.675. The number of benzene rings is 1. The average Bonchev–Trinajstić information content (AvgIpc) is 3.15. The van der Waals surface area contributed by atoms with Crippen LogP contribution in [0.4, 0.5) is 5.69 Å². The number of nitro groups is 1. The molecule has 1 amide bonds. The highest BCUT2D eigenvalue weighted by atomic mass is 16.6. The molecular weight excluding hydrogens is 342 g/mol. The molecule has 3 rings (SSSR count). The molecule has 0 spiro atoms. The van der Waals surface area contributed by atoms with E-state index in [-0.39, 0.29) is 30.1 Å². The SMILES string of the molecule is Cn1cc(CNC(=O)CCCn2c(=O)oc3cc([N+](=O)[O-])ccc32)cn1. The van der Waals surface area contributed by atoms with Gasteiger partial charge in [-0.2, -0.15) is 5.10 Å². The molecule has 136 valence electrons. The first kappa shape index (κ1) is 17.4. The van der Waals surface area contributed by atoms with Gasteiger partial charge in [-0.05, 0) is 12.5 Å². The van der Waals surface area contributed by atoms with Gasteiger partial charge in [0.15, 0.2) is 5.58 Å². The molecule has 0 radical (unpaired) electrons. The van der Waals surface area contributed by atoms with Gasteiger partial charge in [0.1, 0.15) is 0 Å². The summed E-state index contributed by atoms with van der Waals surface area (Å²) in [4.78, 5) is 34.0. The van der Waals surface area contributed by atoms with Crippen molar-refractivity contribution >= 4 is 22.7 Å². The van der Waals surface area contributed by atoms with Crippen LogP contribution in [0.3, 0.4) is 0 Å². The molecule has 2 aromatic heterocycles. The van der Waals surface area contributed by atoms with E-state index in [1.165, 1.54) is 22.8 Å². The van der Waals surface area contributed by atoms with Crippen molar-refractivity contribution in [1.29, 1.82) is 0 Å². The zero-order valence-corrected chi connectivity index (χ0v) is 14.0. The fraction of sp³-hybridized carbons (Fsp3) is 0.312. The van der Waals surface area contributed by atoms with Gasteiger partial charge in [-0.3, -0.25) is 24.2 Å². The molecule has 26 heavy (non-hydrogen) atoms.